The van der Waals surface area contributed by atoms with Crippen LogP contribution in [0.3, 0.4) is 0 Å². The second-order valence-corrected chi connectivity index (χ2v) is 7.67. The van der Waals surface area contributed by atoms with Crippen LogP contribution >= 0.6 is 11.8 Å². The molecule has 0 aliphatic carbocycles. The fourth-order valence-corrected chi connectivity index (χ4v) is 3.58. The Morgan fingerprint density at radius 2 is 1.40 bits per heavy atom. The summed E-state index contributed by atoms with van der Waals surface area (Å²) in [6.45, 7) is 0. The topological polar surface area (TPSA) is 83.5 Å². The van der Waals surface area contributed by atoms with E-state index < -0.39 is 5.97 Å². The van der Waals surface area contributed by atoms with Crippen LogP contribution in [0, 0.1) is 0 Å². The molecule has 0 saturated carbocycles. The zero-order valence-electron chi connectivity index (χ0n) is 16.2. The van der Waals surface area contributed by atoms with Gasteiger partial charge < -0.3 is 10.4 Å². The number of anilines is 1. The monoisotopic (exact) mass is 419 g/mol. The highest BCUT2D eigenvalue weighted by Gasteiger charge is 2.09. The number of hydrogen-bond acceptors (Lipinski definition) is 4. The smallest absolute Gasteiger partial charge is 0.303 e. The SMILES string of the molecule is O=C(O)CCC(=O)Nc1ccc(SCC(=O)c2ccc(-c3ccccc3)cc2)cc1. The summed E-state index contributed by atoms with van der Waals surface area (Å²) in [5, 5.41) is 11.3. The van der Waals surface area contributed by atoms with Crippen molar-refractivity contribution < 1.29 is 19.5 Å². The minimum Gasteiger partial charge on any atom is -0.481 e. The maximum absolute atomic E-state index is 12.5. The number of carbonyl (C=O) groups is 3. The van der Waals surface area contributed by atoms with Crippen LogP contribution in [-0.4, -0.2) is 28.5 Å². The molecule has 30 heavy (non-hydrogen) atoms. The first-order valence-electron chi connectivity index (χ1n) is 9.44. The molecule has 3 aromatic rings. The normalized spacial score (nSPS) is 10.4. The van der Waals surface area contributed by atoms with Gasteiger partial charge in [-0.3, -0.25) is 14.4 Å². The van der Waals surface area contributed by atoms with E-state index in [0.29, 0.717) is 17.0 Å². The molecule has 0 radical (unpaired) electrons. The van der Waals surface area contributed by atoms with Crippen molar-refractivity contribution in [3.05, 3.63) is 84.4 Å². The highest BCUT2D eigenvalue weighted by molar-refractivity contribution is 8.00. The Labute approximate surface area is 179 Å². The maximum atomic E-state index is 12.5. The van der Waals surface area contributed by atoms with Gasteiger partial charge in [-0.15, -0.1) is 11.8 Å². The number of amides is 1. The highest BCUT2D eigenvalue weighted by Crippen LogP contribution is 2.23. The summed E-state index contributed by atoms with van der Waals surface area (Å²) in [6, 6.07) is 24.7. The van der Waals surface area contributed by atoms with Gasteiger partial charge in [0.25, 0.3) is 0 Å². The minimum atomic E-state index is -1.00. The Morgan fingerprint density at radius 1 is 0.767 bits per heavy atom. The summed E-state index contributed by atoms with van der Waals surface area (Å²) >= 11 is 1.43. The van der Waals surface area contributed by atoms with Crippen LogP contribution in [0.1, 0.15) is 23.2 Å². The number of nitrogens with one attached hydrogen (secondary N) is 1. The maximum Gasteiger partial charge on any atom is 0.303 e. The fraction of sp³-hybridized carbons (Fsp3) is 0.125. The lowest BCUT2D eigenvalue weighted by Crippen LogP contribution is -2.13. The molecule has 0 unspecified atom stereocenters. The largest absolute Gasteiger partial charge is 0.481 e. The van der Waals surface area contributed by atoms with Crippen molar-refractivity contribution in [1.29, 1.82) is 0 Å². The molecule has 3 rings (SSSR count). The number of benzene rings is 3. The molecule has 2 N–H and O–H groups in total. The van der Waals surface area contributed by atoms with Crippen LogP contribution in [0.25, 0.3) is 11.1 Å². The van der Waals surface area contributed by atoms with E-state index in [1.165, 1.54) is 11.8 Å². The Hall–Kier alpha value is -3.38. The summed E-state index contributed by atoms with van der Waals surface area (Å²) < 4.78 is 0. The van der Waals surface area contributed by atoms with Crippen LogP contribution in [-0.2, 0) is 9.59 Å². The van der Waals surface area contributed by atoms with Gasteiger partial charge in [0.2, 0.25) is 5.91 Å². The third-order valence-electron chi connectivity index (χ3n) is 4.39. The van der Waals surface area contributed by atoms with Gasteiger partial charge in [0, 0.05) is 22.6 Å². The van der Waals surface area contributed by atoms with Gasteiger partial charge >= 0.3 is 5.97 Å². The summed E-state index contributed by atoms with van der Waals surface area (Å²) in [7, 11) is 0. The van der Waals surface area contributed by atoms with Crippen molar-refractivity contribution in [3.63, 3.8) is 0 Å². The first kappa shape index (κ1) is 21.3. The lowest BCUT2D eigenvalue weighted by atomic mass is 10.0. The highest BCUT2D eigenvalue weighted by atomic mass is 32.2. The van der Waals surface area contributed by atoms with Crippen molar-refractivity contribution in [2.24, 2.45) is 0 Å². The Balaban J connectivity index is 1.51. The number of carboxylic acid groups (broad SMARTS) is 1. The predicted molar refractivity (Wildman–Crippen MR) is 119 cm³/mol. The van der Waals surface area contributed by atoms with E-state index in [0.717, 1.165) is 16.0 Å². The second-order valence-electron chi connectivity index (χ2n) is 6.62. The fourth-order valence-electron chi connectivity index (χ4n) is 2.79. The number of hydrogen-bond donors (Lipinski definition) is 2. The van der Waals surface area contributed by atoms with Crippen molar-refractivity contribution in [3.8, 4) is 11.1 Å². The zero-order chi connectivity index (χ0) is 21.3. The van der Waals surface area contributed by atoms with Crippen LogP contribution in [0.2, 0.25) is 0 Å². The van der Waals surface area contributed by atoms with Gasteiger partial charge in [-0.1, -0.05) is 54.6 Å². The summed E-state index contributed by atoms with van der Waals surface area (Å²) in [5.74, 6) is -0.983. The van der Waals surface area contributed by atoms with E-state index in [4.69, 9.17) is 5.11 Å². The first-order chi connectivity index (χ1) is 14.5. The molecule has 3 aromatic carbocycles. The van der Waals surface area contributed by atoms with Crippen LogP contribution in [0.4, 0.5) is 5.69 Å². The molecule has 0 fully saturated rings. The average molecular weight is 420 g/mol. The minimum absolute atomic E-state index is 0.0469. The first-order valence-corrected chi connectivity index (χ1v) is 10.4. The quantitative estimate of drug-likeness (QED) is 0.371. The number of ketones is 1. The molecule has 0 heterocycles. The molecule has 0 spiro atoms. The van der Waals surface area contributed by atoms with Gasteiger partial charge in [0.15, 0.2) is 5.78 Å². The molecule has 1 amide bonds. The molecule has 0 atom stereocenters. The molecule has 0 aliphatic heterocycles. The number of carbonyl (C=O) groups excluding carboxylic acids is 2. The predicted octanol–water partition coefficient (Wildman–Crippen LogP) is 5.13. The molecular weight excluding hydrogens is 398 g/mol. The number of Topliss-reactive ketones (excluding diaryl/α,β-unsaturated/α-hetero) is 1. The Bertz CT molecular complexity index is 1020. The van der Waals surface area contributed by atoms with Gasteiger partial charge in [0.1, 0.15) is 0 Å². The third-order valence-corrected chi connectivity index (χ3v) is 5.40. The van der Waals surface area contributed by atoms with Crippen molar-refractivity contribution in [2.75, 3.05) is 11.1 Å². The molecule has 0 aliphatic rings. The Morgan fingerprint density at radius 3 is 2.03 bits per heavy atom. The Kier molecular flexibility index (Phi) is 7.40. The third kappa shape index (κ3) is 6.32. The molecular formula is C24H21NO4S. The molecule has 5 nitrogen and oxygen atoms in total. The number of rotatable bonds is 9. The van der Waals surface area contributed by atoms with E-state index in [2.05, 4.69) is 5.32 Å². The summed E-state index contributed by atoms with van der Waals surface area (Å²) in [4.78, 5) is 35.6. The second kappa shape index (κ2) is 10.4. The van der Waals surface area contributed by atoms with Crippen LogP contribution in [0.15, 0.2) is 83.8 Å². The zero-order valence-corrected chi connectivity index (χ0v) is 17.0. The lowest BCUT2D eigenvalue weighted by Gasteiger charge is -2.07. The average Bonchev–Trinajstić information content (AvgIpc) is 2.78. The number of aliphatic carboxylic acids is 1. The van der Waals surface area contributed by atoms with Crippen molar-refractivity contribution in [1.82, 2.24) is 0 Å². The van der Waals surface area contributed by atoms with E-state index in [-0.39, 0.29) is 24.5 Å². The van der Waals surface area contributed by atoms with Crippen molar-refractivity contribution in [2.45, 2.75) is 17.7 Å². The number of thioether (sulfide) groups is 1. The van der Waals surface area contributed by atoms with E-state index in [9.17, 15) is 14.4 Å². The summed E-state index contributed by atoms with van der Waals surface area (Å²) in [6.07, 6.45) is -0.266. The van der Waals surface area contributed by atoms with E-state index in [1.807, 2.05) is 66.7 Å². The molecule has 0 aromatic heterocycles. The molecule has 0 saturated heterocycles. The van der Waals surface area contributed by atoms with E-state index in [1.54, 1.807) is 12.1 Å². The lowest BCUT2D eigenvalue weighted by molar-refractivity contribution is -0.138. The van der Waals surface area contributed by atoms with E-state index >= 15 is 0 Å². The number of carboxylic acids is 1. The van der Waals surface area contributed by atoms with Gasteiger partial charge in [-0.2, -0.15) is 0 Å². The van der Waals surface area contributed by atoms with Gasteiger partial charge in [-0.25, -0.2) is 0 Å². The van der Waals surface area contributed by atoms with Crippen LogP contribution in [0.5, 0.6) is 0 Å². The van der Waals surface area contributed by atoms with Crippen molar-refractivity contribution >= 4 is 35.1 Å². The molecule has 152 valence electrons. The van der Waals surface area contributed by atoms with Gasteiger partial charge in [0.05, 0.1) is 12.2 Å². The molecule has 0 bridgehead atoms. The molecule has 6 heteroatoms. The van der Waals surface area contributed by atoms with Gasteiger partial charge in [-0.05, 0) is 35.4 Å². The standard InChI is InChI=1S/C24H21NO4S/c26-22(19-8-6-18(7-9-19)17-4-2-1-3-5-17)16-30-21-12-10-20(11-13-21)25-23(27)14-15-24(28)29/h1-13H,14-16H2,(H,25,27)(H,28,29). The summed E-state index contributed by atoms with van der Waals surface area (Å²) in [5.41, 5.74) is 3.45. The van der Waals surface area contributed by atoms with Crippen LogP contribution < -0.4 is 5.32 Å².